The molecular weight excluding hydrogens is 448 g/mol. The molecule has 1 amide bonds. The Labute approximate surface area is 220 Å². The quantitative estimate of drug-likeness (QED) is 0.497. The molecule has 2 saturated heterocycles. The first-order valence-electron chi connectivity index (χ1n) is 15.6. The third kappa shape index (κ3) is 5.53. The lowest BCUT2D eigenvalue weighted by molar-refractivity contribution is -0.129. The predicted octanol–water partition coefficient (Wildman–Crippen LogP) is 5.13. The van der Waals surface area contributed by atoms with Crippen molar-refractivity contribution in [3.05, 3.63) is 0 Å². The molecule has 1 spiro atoms. The van der Waals surface area contributed by atoms with Crippen molar-refractivity contribution in [3.8, 4) is 0 Å². The highest BCUT2D eigenvalue weighted by Crippen LogP contribution is 2.46. The van der Waals surface area contributed by atoms with Gasteiger partial charge in [-0.05, 0) is 83.5 Å². The van der Waals surface area contributed by atoms with Gasteiger partial charge in [-0.1, -0.05) is 44.9 Å². The molecule has 3 aliphatic carbocycles. The molecule has 5 aliphatic rings. The number of carbonyl (C=O) groups is 1. The Morgan fingerprint density at radius 3 is 2.28 bits per heavy atom. The first-order chi connectivity index (χ1) is 17.5. The van der Waals surface area contributed by atoms with Gasteiger partial charge in [0.2, 0.25) is 5.91 Å². The van der Waals surface area contributed by atoms with Crippen LogP contribution in [0, 0.1) is 23.2 Å². The minimum Gasteiger partial charge on any atom is -0.381 e. The molecule has 0 aromatic heterocycles. The van der Waals surface area contributed by atoms with Crippen molar-refractivity contribution < 1.29 is 9.53 Å². The Kier molecular flexibility index (Phi) is 8.97. The monoisotopic (exact) mass is 502 g/mol. The number of rotatable bonds is 4. The van der Waals surface area contributed by atoms with Gasteiger partial charge >= 0.3 is 0 Å². The van der Waals surface area contributed by atoms with Crippen LogP contribution in [0.5, 0.6) is 0 Å². The van der Waals surface area contributed by atoms with Crippen LogP contribution < -0.4 is 16.1 Å². The van der Waals surface area contributed by atoms with Crippen molar-refractivity contribution in [2.45, 2.75) is 147 Å². The van der Waals surface area contributed by atoms with Gasteiger partial charge in [0.05, 0.1) is 18.2 Å². The van der Waals surface area contributed by atoms with E-state index in [9.17, 15) is 4.79 Å². The Balaban J connectivity index is 1.14. The second kappa shape index (κ2) is 12.0. The van der Waals surface area contributed by atoms with E-state index in [0.29, 0.717) is 29.6 Å². The zero-order valence-electron chi connectivity index (χ0n) is 23.4. The summed E-state index contributed by atoms with van der Waals surface area (Å²) in [5, 5.41) is 9.89. The number of hydrogen-bond acceptors (Lipinski definition) is 5. The Hall–Kier alpha value is -0.690. The summed E-state index contributed by atoms with van der Waals surface area (Å²) in [5.74, 6) is 1.90. The normalized spacial score (nSPS) is 42.2. The van der Waals surface area contributed by atoms with E-state index in [1.165, 1.54) is 89.9 Å². The minimum absolute atomic E-state index is 0.0119. The van der Waals surface area contributed by atoms with Crippen LogP contribution in [0.15, 0.2) is 0 Å². The van der Waals surface area contributed by atoms with Crippen molar-refractivity contribution in [1.29, 1.82) is 0 Å². The van der Waals surface area contributed by atoms with Gasteiger partial charge in [0.25, 0.3) is 0 Å². The van der Waals surface area contributed by atoms with Crippen LogP contribution in [0.3, 0.4) is 0 Å². The first kappa shape index (κ1) is 26.9. The molecule has 6 nitrogen and oxygen atoms in total. The highest BCUT2D eigenvalue weighted by Gasteiger charge is 2.54. The smallest absolute Gasteiger partial charge is 0.227 e. The number of nitrogens with zero attached hydrogens (tertiary/aromatic N) is 1. The van der Waals surface area contributed by atoms with Crippen LogP contribution in [0.2, 0.25) is 0 Å². The fourth-order valence-electron chi connectivity index (χ4n) is 8.94. The SMILES string of the molecule is COC1CCCC(C2CCC(NC(=O)C3CNN4C3NC(C)C3(CCCCCCCC3)C4C)CC2)C1. The average molecular weight is 503 g/mol. The molecule has 0 radical (unpaired) electrons. The molecule has 0 bridgehead atoms. The maximum atomic E-state index is 13.5. The number of hydrogen-bond donors (Lipinski definition) is 3. The number of ether oxygens (including phenoxy) is 1. The van der Waals surface area contributed by atoms with Gasteiger partial charge in [-0.2, -0.15) is 0 Å². The van der Waals surface area contributed by atoms with Crippen molar-refractivity contribution in [2.75, 3.05) is 13.7 Å². The maximum absolute atomic E-state index is 13.5. The van der Waals surface area contributed by atoms with Crippen LogP contribution in [0.4, 0.5) is 0 Å². The minimum atomic E-state index is -0.0119. The summed E-state index contributed by atoms with van der Waals surface area (Å²) in [6.45, 7) is 5.59. The molecule has 0 aromatic rings. The summed E-state index contributed by atoms with van der Waals surface area (Å²) in [6, 6.07) is 1.25. The molecule has 3 saturated carbocycles. The zero-order valence-corrected chi connectivity index (χ0v) is 23.4. The van der Waals surface area contributed by atoms with Crippen molar-refractivity contribution in [2.24, 2.45) is 23.2 Å². The van der Waals surface area contributed by atoms with E-state index in [2.05, 4.69) is 34.9 Å². The fourth-order valence-corrected chi connectivity index (χ4v) is 8.94. The van der Waals surface area contributed by atoms with Gasteiger partial charge < -0.3 is 10.1 Å². The molecular formula is C30H54N4O2. The third-order valence-corrected chi connectivity index (χ3v) is 11.4. The van der Waals surface area contributed by atoms with E-state index in [1.54, 1.807) is 0 Å². The molecule has 3 N–H and O–H groups in total. The summed E-state index contributed by atoms with van der Waals surface area (Å²) in [7, 11) is 1.88. The van der Waals surface area contributed by atoms with E-state index in [4.69, 9.17) is 4.74 Å². The molecule has 6 heteroatoms. The Morgan fingerprint density at radius 1 is 0.889 bits per heavy atom. The average Bonchev–Trinajstić information content (AvgIpc) is 3.37. The molecule has 5 rings (SSSR count). The van der Waals surface area contributed by atoms with E-state index < -0.39 is 0 Å². The molecule has 2 aliphatic heterocycles. The number of fused-ring (bicyclic) bond motifs is 1. The fraction of sp³-hybridized carbons (Fsp3) is 0.967. The topological polar surface area (TPSA) is 65.6 Å². The second-order valence-electron chi connectivity index (χ2n) is 13.1. The lowest BCUT2D eigenvalue weighted by atomic mass is 9.66. The highest BCUT2D eigenvalue weighted by molar-refractivity contribution is 5.80. The number of hydrazine groups is 1. The summed E-state index contributed by atoms with van der Waals surface area (Å²) in [6.07, 6.45) is 21.4. The maximum Gasteiger partial charge on any atom is 0.227 e. The summed E-state index contributed by atoms with van der Waals surface area (Å²) in [4.78, 5) is 13.5. The van der Waals surface area contributed by atoms with Crippen molar-refractivity contribution in [3.63, 3.8) is 0 Å². The summed E-state index contributed by atoms with van der Waals surface area (Å²) in [5.41, 5.74) is 3.98. The van der Waals surface area contributed by atoms with Crippen LogP contribution in [-0.2, 0) is 9.53 Å². The van der Waals surface area contributed by atoms with Crippen LogP contribution in [0.1, 0.15) is 117 Å². The molecule has 2 heterocycles. The Morgan fingerprint density at radius 2 is 1.58 bits per heavy atom. The number of carbonyl (C=O) groups excluding carboxylic acids is 1. The van der Waals surface area contributed by atoms with Gasteiger partial charge in [-0.3, -0.25) is 15.5 Å². The van der Waals surface area contributed by atoms with Gasteiger partial charge in [-0.25, -0.2) is 5.01 Å². The van der Waals surface area contributed by atoms with Crippen molar-refractivity contribution in [1.82, 2.24) is 21.1 Å². The van der Waals surface area contributed by atoms with Crippen molar-refractivity contribution >= 4 is 5.91 Å². The molecule has 206 valence electrons. The molecule has 36 heavy (non-hydrogen) atoms. The van der Waals surface area contributed by atoms with Gasteiger partial charge in [-0.15, -0.1) is 0 Å². The molecule has 6 unspecified atom stereocenters. The second-order valence-corrected chi connectivity index (χ2v) is 13.1. The predicted molar refractivity (Wildman–Crippen MR) is 145 cm³/mol. The number of amides is 1. The van der Waals surface area contributed by atoms with E-state index >= 15 is 0 Å². The molecule has 5 fully saturated rings. The molecule has 0 aromatic carbocycles. The van der Waals surface area contributed by atoms with E-state index in [-0.39, 0.29) is 18.0 Å². The zero-order chi connectivity index (χ0) is 25.1. The van der Waals surface area contributed by atoms with E-state index in [1.807, 2.05) is 7.11 Å². The first-order valence-corrected chi connectivity index (χ1v) is 15.6. The van der Waals surface area contributed by atoms with Crippen LogP contribution in [0.25, 0.3) is 0 Å². The third-order valence-electron chi connectivity index (χ3n) is 11.4. The number of methoxy groups -OCH3 is 1. The van der Waals surface area contributed by atoms with Gasteiger partial charge in [0.1, 0.15) is 0 Å². The van der Waals surface area contributed by atoms with Gasteiger partial charge in [0.15, 0.2) is 0 Å². The largest absolute Gasteiger partial charge is 0.381 e. The lowest BCUT2D eigenvalue weighted by Crippen LogP contribution is -2.70. The number of nitrogens with one attached hydrogen (secondary N) is 3. The summed E-state index contributed by atoms with van der Waals surface area (Å²) >= 11 is 0. The molecule has 6 atom stereocenters. The lowest BCUT2D eigenvalue weighted by Gasteiger charge is -2.55. The van der Waals surface area contributed by atoms with E-state index in [0.717, 1.165) is 31.2 Å². The Bertz CT molecular complexity index is 714. The standard InChI is InChI=1S/C30H54N4O2/c1-21-30(17-8-6-4-5-7-9-18-30)22(2)34-28(32-21)27(20-31-34)29(35)33-25-15-13-23(14-16-25)24-11-10-12-26(19-24)36-3/h21-28,31-32H,4-20H2,1-3H3,(H,33,35). The summed E-state index contributed by atoms with van der Waals surface area (Å²) < 4.78 is 5.68. The van der Waals surface area contributed by atoms with Gasteiger partial charge in [0, 0.05) is 37.2 Å². The highest BCUT2D eigenvalue weighted by atomic mass is 16.5. The van der Waals surface area contributed by atoms with Crippen LogP contribution >= 0.6 is 0 Å². The van der Waals surface area contributed by atoms with Crippen LogP contribution in [-0.4, -0.2) is 55.0 Å².